The van der Waals surface area contributed by atoms with Crippen LogP contribution in [0, 0.1) is 24.5 Å². The van der Waals surface area contributed by atoms with Gasteiger partial charge < -0.3 is 10.1 Å². The molecule has 2 unspecified atom stereocenters. The highest BCUT2D eigenvalue weighted by molar-refractivity contribution is 7.89. The zero-order chi connectivity index (χ0) is 18.1. The molecule has 9 heteroatoms. The lowest BCUT2D eigenvalue weighted by Crippen LogP contribution is -2.43. The summed E-state index contributed by atoms with van der Waals surface area (Å²) in [6.45, 7) is 1.69. The quantitative estimate of drug-likeness (QED) is 0.845. The van der Waals surface area contributed by atoms with E-state index in [-0.39, 0.29) is 24.5 Å². The van der Waals surface area contributed by atoms with Crippen LogP contribution < -0.4 is 5.32 Å². The van der Waals surface area contributed by atoms with Crippen molar-refractivity contribution in [1.29, 1.82) is 0 Å². The Kier molecular flexibility index (Phi) is 5.56. The van der Waals surface area contributed by atoms with Gasteiger partial charge in [0.2, 0.25) is 10.0 Å². The van der Waals surface area contributed by atoms with Crippen molar-refractivity contribution in [1.82, 2.24) is 9.62 Å². The highest BCUT2D eigenvalue weighted by Crippen LogP contribution is 2.20. The van der Waals surface area contributed by atoms with E-state index in [0.29, 0.717) is 0 Å². The molecule has 1 fully saturated rings. The summed E-state index contributed by atoms with van der Waals surface area (Å²) in [5.41, 5.74) is -0.317. The molecule has 24 heavy (non-hydrogen) atoms. The van der Waals surface area contributed by atoms with Crippen LogP contribution in [0.15, 0.2) is 12.1 Å². The SMILES string of the molecule is Cc1ccc(C(=O)NC2COCC2CS(=O)(=O)N(C)C)c(F)c1F. The number of nitrogens with zero attached hydrogens (tertiary/aromatic N) is 1. The lowest BCUT2D eigenvalue weighted by Gasteiger charge is -2.21. The number of ether oxygens (including phenoxy) is 1. The van der Waals surface area contributed by atoms with Crippen LogP contribution in [0.5, 0.6) is 0 Å². The number of benzene rings is 1. The van der Waals surface area contributed by atoms with E-state index >= 15 is 0 Å². The molecule has 0 saturated carbocycles. The molecule has 1 saturated heterocycles. The molecule has 134 valence electrons. The number of aryl methyl sites for hydroxylation is 1. The first-order valence-corrected chi connectivity index (χ1v) is 8.98. The maximum Gasteiger partial charge on any atom is 0.254 e. The van der Waals surface area contributed by atoms with Gasteiger partial charge in [-0.25, -0.2) is 21.5 Å². The summed E-state index contributed by atoms with van der Waals surface area (Å²) in [7, 11) is -0.628. The normalized spacial score (nSPS) is 21.2. The van der Waals surface area contributed by atoms with Crippen LogP contribution in [0.2, 0.25) is 0 Å². The first kappa shape index (κ1) is 18.8. The molecule has 1 heterocycles. The van der Waals surface area contributed by atoms with Gasteiger partial charge in [0, 0.05) is 20.0 Å². The van der Waals surface area contributed by atoms with Gasteiger partial charge in [-0.05, 0) is 18.6 Å². The zero-order valence-electron chi connectivity index (χ0n) is 13.7. The number of halogens is 2. The molecule has 0 aliphatic carbocycles. The van der Waals surface area contributed by atoms with Crippen LogP contribution in [0.25, 0.3) is 0 Å². The van der Waals surface area contributed by atoms with E-state index in [1.807, 2.05) is 0 Å². The van der Waals surface area contributed by atoms with Crippen molar-refractivity contribution < 1.29 is 26.7 Å². The minimum absolute atomic E-state index is 0.100. The van der Waals surface area contributed by atoms with Crippen LogP contribution in [-0.2, 0) is 14.8 Å². The van der Waals surface area contributed by atoms with Crippen molar-refractivity contribution in [3.05, 3.63) is 34.9 Å². The Morgan fingerprint density at radius 3 is 2.58 bits per heavy atom. The van der Waals surface area contributed by atoms with Crippen molar-refractivity contribution in [3.63, 3.8) is 0 Å². The molecule has 1 aromatic carbocycles. The van der Waals surface area contributed by atoms with Gasteiger partial charge in [-0.15, -0.1) is 0 Å². The van der Waals surface area contributed by atoms with Crippen LogP contribution in [0.1, 0.15) is 15.9 Å². The Morgan fingerprint density at radius 2 is 1.96 bits per heavy atom. The molecule has 0 aromatic heterocycles. The van der Waals surface area contributed by atoms with E-state index in [0.717, 1.165) is 4.31 Å². The average molecular weight is 362 g/mol. The molecule has 0 spiro atoms. The van der Waals surface area contributed by atoms with Gasteiger partial charge in [0.25, 0.3) is 5.91 Å². The van der Waals surface area contributed by atoms with Crippen LogP contribution >= 0.6 is 0 Å². The van der Waals surface area contributed by atoms with Crippen molar-refractivity contribution in [2.24, 2.45) is 5.92 Å². The smallest absolute Gasteiger partial charge is 0.254 e. The summed E-state index contributed by atoms with van der Waals surface area (Å²) < 4.78 is 57.8. The number of sulfonamides is 1. The summed E-state index contributed by atoms with van der Waals surface area (Å²) >= 11 is 0. The minimum atomic E-state index is -3.47. The summed E-state index contributed by atoms with van der Waals surface area (Å²) in [6.07, 6.45) is 0. The molecule has 1 aliphatic heterocycles. The number of carbonyl (C=O) groups is 1. The predicted molar refractivity (Wildman–Crippen MR) is 84.1 cm³/mol. The van der Waals surface area contributed by atoms with E-state index in [1.54, 1.807) is 0 Å². The summed E-state index contributed by atoms with van der Waals surface area (Å²) in [5, 5.41) is 2.54. The van der Waals surface area contributed by atoms with Gasteiger partial charge in [-0.1, -0.05) is 6.07 Å². The number of hydrogen-bond donors (Lipinski definition) is 1. The Hall–Kier alpha value is -1.58. The molecule has 1 amide bonds. The highest BCUT2D eigenvalue weighted by atomic mass is 32.2. The van der Waals surface area contributed by atoms with Gasteiger partial charge in [-0.3, -0.25) is 4.79 Å². The summed E-state index contributed by atoms with van der Waals surface area (Å²) in [5.74, 6) is -3.75. The minimum Gasteiger partial charge on any atom is -0.379 e. The van der Waals surface area contributed by atoms with Crippen molar-refractivity contribution in [3.8, 4) is 0 Å². The third-order valence-electron chi connectivity index (χ3n) is 4.02. The lowest BCUT2D eigenvalue weighted by molar-refractivity contribution is 0.0921. The van der Waals surface area contributed by atoms with E-state index in [9.17, 15) is 22.0 Å². The van der Waals surface area contributed by atoms with Gasteiger partial charge >= 0.3 is 0 Å². The molecule has 2 rings (SSSR count). The number of hydrogen-bond acceptors (Lipinski definition) is 4. The van der Waals surface area contributed by atoms with E-state index in [2.05, 4.69) is 5.32 Å². The number of rotatable bonds is 5. The largest absolute Gasteiger partial charge is 0.379 e. The molecular formula is C15H20F2N2O4S. The summed E-state index contributed by atoms with van der Waals surface area (Å²) in [4.78, 5) is 12.2. The Labute approximate surface area is 139 Å². The predicted octanol–water partition coefficient (Wildman–Crippen LogP) is 0.909. The van der Waals surface area contributed by atoms with Crippen molar-refractivity contribution in [2.45, 2.75) is 13.0 Å². The Balaban J connectivity index is 2.12. The number of carbonyl (C=O) groups excluding carboxylic acids is 1. The Bertz CT molecular complexity index is 737. The second-order valence-corrected chi connectivity index (χ2v) is 8.22. The first-order valence-electron chi connectivity index (χ1n) is 7.37. The molecule has 6 nitrogen and oxygen atoms in total. The molecular weight excluding hydrogens is 342 g/mol. The standard InChI is InChI=1S/C15H20F2N2O4S/c1-9-4-5-11(14(17)13(9)16)15(20)18-12-7-23-6-10(12)8-24(21,22)19(2)3/h4-5,10,12H,6-8H2,1-3H3,(H,18,20). The molecule has 2 atom stereocenters. The van der Waals surface area contributed by atoms with Crippen molar-refractivity contribution >= 4 is 15.9 Å². The second kappa shape index (κ2) is 7.12. The maximum atomic E-state index is 13.9. The fourth-order valence-corrected chi connectivity index (χ4v) is 3.58. The Morgan fingerprint density at radius 1 is 1.29 bits per heavy atom. The third-order valence-corrected chi connectivity index (χ3v) is 5.98. The lowest BCUT2D eigenvalue weighted by atomic mass is 10.0. The molecule has 1 aromatic rings. The van der Waals surface area contributed by atoms with E-state index < -0.39 is 45.1 Å². The molecule has 1 N–H and O–H groups in total. The average Bonchev–Trinajstić information content (AvgIpc) is 2.91. The van der Waals surface area contributed by atoms with Crippen LogP contribution in [0.4, 0.5) is 8.78 Å². The van der Waals surface area contributed by atoms with Crippen molar-refractivity contribution in [2.75, 3.05) is 33.1 Å². The van der Waals surface area contributed by atoms with E-state index in [1.165, 1.54) is 33.2 Å². The highest BCUT2D eigenvalue weighted by Gasteiger charge is 2.34. The first-order chi connectivity index (χ1) is 11.1. The fourth-order valence-electron chi connectivity index (χ4n) is 2.41. The van der Waals surface area contributed by atoms with Gasteiger partial charge in [0.15, 0.2) is 11.6 Å². The number of nitrogens with one attached hydrogen (secondary N) is 1. The van der Waals surface area contributed by atoms with Crippen LogP contribution in [-0.4, -0.2) is 57.7 Å². The molecule has 0 radical (unpaired) electrons. The van der Waals surface area contributed by atoms with Gasteiger partial charge in [0.05, 0.1) is 30.6 Å². The monoisotopic (exact) mass is 362 g/mol. The molecule has 1 aliphatic rings. The topological polar surface area (TPSA) is 75.7 Å². The van der Waals surface area contributed by atoms with Gasteiger partial charge in [0.1, 0.15) is 0 Å². The summed E-state index contributed by atoms with van der Waals surface area (Å²) in [6, 6.07) is 1.92. The van der Waals surface area contributed by atoms with E-state index in [4.69, 9.17) is 4.74 Å². The number of amides is 1. The molecule has 0 bridgehead atoms. The van der Waals surface area contributed by atoms with Gasteiger partial charge in [-0.2, -0.15) is 0 Å². The fraction of sp³-hybridized carbons (Fsp3) is 0.533. The second-order valence-electron chi connectivity index (χ2n) is 6.00. The van der Waals surface area contributed by atoms with Crippen LogP contribution in [0.3, 0.4) is 0 Å². The third kappa shape index (κ3) is 3.90. The zero-order valence-corrected chi connectivity index (χ0v) is 14.5. The maximum absolute atomic E-state index is 13.9.